The topological polar surface area (TPSA) is 61.5 Å². The van der Waals surface area contributed by atoms with Gasteiger partial charge < -0.3 is 15.2 Å². The first-order valence-corrected chi connectivity index (χ1v) is 8.09. The molecule has 0 amide bonds. The third kappa shape index (κ3) is 3.40. The highest BCUT2D eigenvalue weighted by Gasteiger charge is 2.30. The molecule has 5 heteroatoms. The normalized spacial score (nSPS) is 22.5. The standard InChI is InChI=1S/C16H22BrNO3/c1-20-13-9-8-11(16(21-2)14(13)17)15(19)10-6-4-3-5-7-12(10)18/h8-10,12H,3-7,18H2,1-2H3. The second-order valence-electron chi connectivity index (χ2n) is 5.44. The fourth-order valence-electron chi connectivity index (χ4n) is 2.95. The summed E-state index contributed by atoms with van der Waals surface area (Å²) in [7, 11) is 3.14. The number of carbonyl (C=O) groups excluding carboxylic acids is 1. The van der Waals surface area contributed by atoms with Crippen LogP contribution in [0.1, 0.15) is 42.5 Å². The van der Waals surface area contributed by atoms with Crippen LogP contribution in [0.25, 0.3) is 0 Å². The molecule has 1 aliphatic rings. The smallest absolute Gasteiger partial charge is 0.171 e. The van der Waals surface area contributed by atoms with E-state index in [9.17, 15) is 4.79 Å². The van der Waals surface area contributed by atoms with E-state index in [0.717, 1.165) is 32.1 Å². The van der Waals surface area contributed by atoms with E-state index in [4.69, 9.17) is 15.2 Å². The Kier molecular flexibility index (Phi) is 5.65. The molecule has 2 rings (SSSR count). The van der Waals surface area contributed by atoms with Crippen LogP contribution in [0.5, 0.6) is 11.5 Å². The van der Waals surface area contributed by atoms with Crippen LogP contribution < -0.4 is 15.2 Å². The quantitative estimate of drug-likeness (QED) is 0.662. The Morgan fingerprint density at radius 1 is 1.19 bits per heavy atom. The summed E-state index contributed by atoms with van der Waals surface area (Å²) in [6, 6.07) is 3.48. The number of nitrogens with two attached hydrogens (primary N) is 1. The Bertz CT molecular complexity index is 518. The average molecular weight is 356 g/mol. The second-order valence-corrected chi connectivity index (χ2v) is 6.23. The van der Waals surface area contributed by atoms with Crippen LogP contribution in [-0.2, 0) is 0 Å². The first-order valence-electron chi connectivity index (χ1n) is 7.30. The van der Waals surface area contributed by atoms with Crippen LogP contribution in [0.4, 0.5) is 0 Å². The van der Waals surface area contributed by atoms with Crippen LogP contribution in [0.15, 0.2) is 16.6 Å². The summed E-state index contributed by atoms with van der Waals surface area (Å²) in [4.78, 5) is 12.9. The minimum absolute atomic E-state index is 0.0643. The highest BCUT2D eigenvalue weighted by molar-refractivity contribution is 9.10. The van der Waals surface area contributed by atoms with E-state index in [0.29, 0.717) is 21.5 Å². The van der Waals surface area contributed by atoms with Crippen molar-refractivity contribution in [3.8, 4) is 11.5 Å². The van der Waals surface area contributed by atoms with Crippen molar-refractivity contribution in [3.63, 3.8) is 0 Å². The molecule has 0 radical (unpaired) electrons. The molecule has 1 aromatic rings. The monoisotopic (exact) mass is 355 g/mol. The Morgan fingerprint density at radius 2 is 1.90 bits per heavy atom. The van der Waals surface area contributed by atoms with Gasteiger partial charge in [0, 0.05) is 12.0 Å². The maximum atomic E-state index is 12.9. The predicted molar refractivity (Wildman–Crippen MR) is 86.1 cm³/mol. The molecule has 1 aliphatic carbocycles. The average Bonchev–Trinajstić information content (AvgIpc) is 2.70. The van der Waals surface area contributed by atoms with Crippen molar-refractivity contribution < 1.29 is 14.3 Å². The number of rotatable bonds is 4. The lowest BCUT2D eigenvalue weighted by molar-refractivity contribution is 0.0891. The Morgan fingerprint density at radius 3 is 2.57 bits per heavy atom. The molecule has 0 spiro atoms. The number of ketones is 1. The van der Waals surface area contributed by atoms with E-state index in [1.165, 1.54) is 0 Å². The minimum atomic E-state index is -0.123. The Balaban J connectivity index is 2.36. The number of halogens is 1. The van der Waals surface area contributed by atoms with Crippen LogP contribution in [0.2, 0.25) is 0 Å². The summed E-state index contributed by atoms with van der Waals surface area (Å²) >= 11 is 3.44. The van der Waals surface area contributed by atoms with Gasteiger partial charge in [0.05, 0.1) is 19.8 Å². The minimum Gasteiger partial charge on any atom is -0.495 e. The van der Waals surface area contributed by atoms with Gasteiger partial charge in [-0.15, -0.1) is 0 Å². The zero-order valence-electron chi connectivity index (χ0n) is 12.5. The van der Waals surface area contributed by atoms with Crippen molar-refractivity contribution in [2.45, 2.75) is 38.1 Å². The van der Waals surface area contributed by atoms with E-state index in [1.807, 2.05) is 0 Å². The van der Waals surface area contributed by atoms with Gasteiger partial charge in [-0.2, -0.15) is 0 Å². The molecule has 2 N–H and O–H groups in total. The van der Waals surface area contributed by atoms with Gasteiger partial charge in [-0.25, -0.2) is 0 Å². The molecule has 0 bridgehead atoms. The molecule has 0 aromatic heterocycles. The van der Waals surface area contributed by atoms with E-state index in [-0.39, 0.29) is 17.7 Å². The number of benzene rings is 1. The van der Waals surface area contributed by atoms with Gasteiger partial charge >= 0.3 is 0 Å². The molecule has 1 aromatic carbocycles. The molecular formula is C16H22BrNO3. The molecule has 1 saturated carbocycles. The van der Waals surface area contributed by atoms with E-state index < -0.39 is 0 Å². The maximum absolute atomic E-state index is 12.9. The lowest BCUT2D eigenvalue weighted by Gasteiger charge is -2.21. The number of Topliss-reactive ketones (excluding diaryl/α,β-unsaturated/α-hetero) is 1. The zero-order valence-corrected chi connectivity index (χ0v) is 14.1. The van der Waals surface area contributed by atoms with Gasteiger partial charge in [-0.05, 0) is 40.9 Å². The second kappa shape index (κ2) is 7.27. The van der Waals surface area contributed by atoms with E-state index in [2.05, 4.69) is 15.9 Å². The molecule has 1 fully saturated rings. The maximum Gasteiger partial charge on any atom is 0.171 e. The van der Waals surface area contributed by atoms with Gasteiger partial charge in [0.15, 0.2) is 5.78 Å². The van der Waals surface area contributed by atoms with Crippen molar-refractivity contribution in [3.05, 3.63) is 22.2 Å². The predicted octanol–water partition coefficient (Wildman–Crippen LogP) is 3.56. The molecule has 21 heavy (non-hydrogen) atoms. The SMILES string of the molecule is COc1ccc(C(=O)C2CCCCCC2N)c(OC)c1Br. The molecule has 0 aliphatic heterocycles. The number of hydrogen-bond acceptors (Lipinski definition) is 4. The van der Waals surface area contributed by atoms with Gasteiger partial charge in [-0.3, -0.25) is 4.79 Å². The fourth-order valence-corrected chi connectivity index (χ4v) is 3.62. The van der Waals surface area contributed by atoms with Gasteiger partial charge in [0.1, 0.15) is 16.0 Å². The summed E-state index contributed by atoms with van der Waals surface area (Å²) in [5.41, 5.74) is 6.78. The van der Waals surface area contributed by atoms with Crippen LogP contribution in [-0.4, -0.2) is 26.0 Å². The highest BCUT2D eigenvalue weighted by Crippen LogP contribution is 2.39. The van der Waals surface area contributed by atoms with Crippen LogP contribution in [0, 0.1) is 5.92 Å². The molecule has 4 nitrogen and oxygen atoms in total. The summed E-state index contributed by atoms with van der Waals surface area (Å²) < 4.78 is 11.3. The van der Waals surface area contributed by atoms with Gasteiger partial charge in [0.2, 0.25) is 0 Å². The summed E-state index contributed by atoms with van der Waals surface area (Å²) in [5, 5.41) is 0. The molecule has 0 heterocycles. The largest absolute Gasteiger partial charge is 0.495 e. The summed E-state index contributed by atoms with van der Waals surface area (Å²) in [6.07, 6.45) is 5.09. The van der Waals surface area contributed by atoms with Gasteiger partial charge in [0.25, 0.3) is 0 Å². The van der Waals surface area contributed by atoms with Crippen molar-refractivity contribution in [2.24, 2.45) is 11.7 Å². The molecule has 116 valence electrons. The van der Waals surface area contributed by atoms with Crippen LogP contribution in [0.3, 0.4) is 0 Å². The third-order valence-electron chi connectivity index (χ3n) is 4.16. The molecule has 2 atom stereocenters. The first-order chi connectivity index (χ1) is 10.1. The Labute approximate surface area is 134 Å². The van der Waals surface area contributed by atoms with E-state index >= 15 is 0 Å². The van der Waals surface area contributed by atoms with Crippen molar-refractivity contribution >= 4 is 21.7 Å². The zero-order chi connectivity index (χ0) is 15.4. The van der Waals surface area contributed by atoms with Gasteiger partial charge in [-0.1, -0.05) is 19.3 Å². The fraction of sp³-hybridized carbons (Fsp3) is 0.562. The number of ether oxygens (including phenoxy) is 2. The molecule has 2 unspecified atom stereocenters. The lowest BCUT2D eigenvalue weighted by Crippen LogP contribution is -2.34. The van der Waals surface area contributed by atoms with Crippen molar-refractivity contribution in [2.75, 3.05) is 14.2 Å². The van der Waals surface area contributed by atoms with Crippen molar-refractivity contribution in [1.82, 2.24) is 0 Å². The Hall–Kier alpha value is -1.07. The van der Waals surface area contributed by atoms with E-state index in [1.54, 1.807) is 26.4 Å². The number of methoxy groups -OCH3 is 2. The molecule has 0 saturated heterocycles. The van der Waals surface area contributed by atoms with Crippen molar-refractivity contribution in [1.29, 1.82) is 0 Å². The number of carbonyl (C=O) groups is 1. The summed E-state index contributed by atoms with van der Waals surface area (Å²) in [6.45, 7) is 0. The third-order valence-corrected chi connectivity index (χ3v) is 4.91. The molecular weight excluding hydrogens is 334 g/mol. The van der Waals surface area contributed by atoms with Crippen LogP contribution >= 0.6 is 15.9 Å². The number of hydrogen-bond donors (Lipinski definition) is 1. The lowest BCUT2D eigenvalue weighted by atomic mass is 9.87. The summed E-state index contributed by atoms with van der Waals surface area (Å²) in [5.74, 6) is 1.12. The highest BCUT2D eigenvalue weighted by atomic mass is 79.9. The first kappa shape index (κ1) is 16.3.